The first kappa shape index (κ1) is 13.7. The number of hydrogen-bond donors (Lipinski definition) is 1. The fourth-order valence-electron chi connectivity index (χ4n) is 1.51. The summed E-state index contributed by atoms with van der Waals surface area (Å²) in [5.74, 6) is 0. The lowest BCUT2D eigenvalue weighted by atomic mass is 9.87. The van der Waals surface area contributed by atoms with E-state index in [0.29, 0.717) is 10.8 Å². The molecule has 0 aliphatic rings. The van der Waals surface area contributed by atoms with E-state index in [4.69, 9.17) is 0 Å². The fraction of sp³-hybridized carbons (Fsp3) is 0.333. The second-order valence-electron chi connectivity index (χ2n) is 4.65. The highest BCUT2D eigenvalue weighted by Crippen LogP contribution is 2.25. The quantitative estimate of drug-likeness (QED) is 0.922. The normalized spacial score (nSPS) is 12.8. The molecular formula is C12H15NO2S3. The molecule has 0 atom stereocenters. The predicted molar refractivity (Wildman–Crippen MR) is 76.9 cm³/mol. The minimum atomic E-state index is -3.37. The van der Waals surface area contributed by atoms with Crippen LogP contribution in [-0.2, 0) is 15.4 Å². The molecule has 2 aromatic rings. The van der Waals surface area contributed by atoms with Crippen LogP contribution in [0.1, 0.15) is 19.4 Å². The van der Waals surface area contributed by atoms with E-state index in [-0.39, 0.29) is 5.41 Å². The maximum Gasteiger partial charge on any atom is 0.250 e. The summed E-state index contributed by atoms with van der Waals surface area (Å²) >= 11 is 2.85. The Balaban J connectivity index is 2.09. The molecule has 0 fully saturated rings. The van der Waals surface area contributed by atoms with Gasteiger partial charge >= 0.3 is 0 Å². The van der Waals surface area contributed by atoms with Crippen LogP contribution in [0.2, 0.25) is 0 Å². The van der Waals surface area contributed by atoms with Crippen LogP contribution >= 0.6 is 22.7 Å². The Labute approximate surface area is 116 Å². The highest BCUT2D eigenvalue weighted by molar-refractivity contribution is 7.91. The van der Waals surface area contributed by atoms with Gasteiger partial charge in [0.15, 0.2) is 0 Å². The van der Waals surface area contributed by atoms with Gasteiger partial charge in [0, 0.05) is 12.0 Å². The third-order valence-electron chi connectivity index (χ3n) is 2.77. The van der Waals surface area contributed by atoms with Crippen LogP contribution in [0.5, 0.6) is 0 Å². The molecule has 0 bridgehead atoms. The molecule has 0 aliphatic heterocycles. The summed E-state index contributed by atoms with van der Waals surface area (Å²) in [6.45, 7) is 4.46. The third kappa shape index (κ3) is 3.00. The Kier molecular flexibility index (Phi) is 3.91. The van der Waals surface area contributed by atoms with E-state index >= 15 is 0 Å². The van der Waals surface area contributed by atoms with E-state index in [9.17, 15) is 8.42 Å². The van der Waals surface area contributed by atoms with Crippen molar-refractivity contribution >= 4 is 32.7 Å². The van der Waals surface area contributed by atoms with Gasteiger partial charge in [0.1, 0.15) is 4.21 Å². The first-order chi connectivity index (χ1) is 8.42. The van der Waals surface area contributed by atoms with E-state index in [1.54, 1.807) is 28.8 Å². The first-order valence-electron chi connectivity index (χ1n) is 5.48. The molecule has 0 aromatic carbocycles. The largest absolute Gasteiger partial charge is 0.250 e. The molecule has 18 heavy (non-hydrogen) atoms. The SMILES string of the molecule is CC(C)(CNS(=O)(=O)c1cccs1)c1ccsc1. The number of hydrogen-bond acceptors (Lipinski definition) is 4. The fourth-order valence-corrected chi connectivity index (χ4v) is 4.61. The molecular weight excluding hydrogens is 286 g/mol. The molecule has 3 nitrogen and oxygen atoms in total. The maximum absolute atomic E-state index is 12.0. The summed E-state index contributed by atoms with van der Waals surface area (Å²) in [6, 6.07) is 5.39. The van der Waals surface area contributed by atoms with Gasteiger partial charge in [-0.05, 0) is 33.8 Å². The Bertz CT molecular complexity index is 583. The molecule has 6 heteroatoms. The summed E-state index contributed by atoms with van der Waals surface area (Å²) in [6.07, 6.45) is 0. The van der Waals surface area contributed by atoms with Gasteiger partial charge in [0.25, 0.3) is 0 Å². The Hall–Kier alpha value is -0.690. The van der Waals surface area contributed by atoms with Crippen LogP contribution < -0.4 is 4.72 Å². The lowest BCUT2D eigenvalue weighted by Crippen LogP contribution is -2.36. The van der Waals surface area contributed by atoms with E-state index in [1.807, 2.05) is 25.3 Å². The molecule has 0 amide bonds. The van der Waals surface area contributed by atoms with Gasteiger partial charge in [0.2, 0.25) is 10.0 Å². The van der Waals surface area contributed by atoms with Crippen molar-refractivity contribution in [2.24, 2.45) is 0 Å². The zero-order chi connectivity index (χ0) is 13.2. The summed E-state index contributed by atoms with van der Waals surface area (Å²) < 4.78 is 27.1. The van der Waals surface area contributed by atoms with Gasteiger partial charge in [0.05, 0.1) is 0 Å². The van der Waals surface area contributed by atoms with Crippen LogP contribution in [0.15, 0.2) is 38.5 Å². The van der Waals surface area contributed by atoms with Crippen molar-refractivity contribution in [2.75, 3.05) is 6.54 Å². The minimum Gasteiger partial charge on any atom is -0.210 e. The molecule has 98 valence electrons. The molecule has 2 aromatic heterocycles. The Morgan fingerprint density at radius 3 is 2.61 bits per heavy atom. The molecule has 0 saturated carbocycles. The van der Waals surface area contributed by atoms with Crippen molar-refractivity contribution in [2.45, 2.75) is 23.5 Å². The van der Waals surface area contributed by atoms with Gasteiger partial charge < -0.3 is 0 Å². The molecule has 0 unspecified atom stereocenters. The average molecular weight is 301 g/mol. The number of sulfonamides is 1. The van der Waals surface area contributed by atoms with Gasteiger partial charge in [-0.3, -0.25) is 0 Å². The van der Waals surface area contributed by atoms with Crippen LogP contribution in [0.25, 0.3) is 0 Å². The van der Waals surface area contributed by atoms with E-state index in [2.05, 4.69) is 10.1 Å². The van der Waals surface area contributed by atoms with Crippen molar-refractivity contribution in [3.63, 3.8) is 0 Å². The van der Waals surface area contributed by atoms with Gasteiger partial charge in [-0.25, -0.2) is 13.1 Å². The monoisotopic (exact) mass is 301 g/mol. The van der Waals surface area contributed by atoms with Crippen molar-refractivity contribution < 1.29 is 8.42 Å². The average Bonchev–Trinajstić information content (AvgIpc) is 2.99. The molecule has 0 aliphatic carbocycles. The topological polar surface area (TPSA) is 46.2 Å². The van der Waals surface area contributed by atoms with E-state index in [0.717, 1.165) is 5.56 Å². The third-order valence-corrected chi connectivity index (χ3v) is 6.25. The lowest BCUT2D eigenvalue weighted by Gasteiger charge is -2.23. The Morgan fingerprint density at radius 2 is 2.06 bits per heavy atom. The summed E-state index contributed by atoms with van der Waals surface area (Å²) in [4.78, 5) is 0. The van der Waals surface area contributed by atoms with Gasteiger partial charge in [-0.1, -0.05) is 19.9 Å². The van der Waals surface area contributed by atoms with E-state index in [1.165, 1.54) is 11.3 Å². The molecule has 0 radical (unpaired) electrons. The number of rotatable bonds is 5. The minimum absolute atomic E-state index is 0.204. The highest BCUT2D eigenvalue weighted by atomic mass is 32.2. The molecule has 2 heterocycles. The second kappa shape index (κ2) is 5.13. The smallest absolute Gasteiger partial charge is 0.210 e. The van der Waals surface area contributed by atoms with Crippen molar-refractivity contribution in [3.8, 4) is 0 Å². The van der Waals surface area contributed by atoms with Gasteiger partial charge in [-0.2, -0.15) is 11.3 Å². The first-order valence-corrected chi connectivity index (χ1v) is 8.78. The summed E-state index contributed by atoms with van der Waals surface area (Å²) in [5, 5.41) is 5.82. The molecule has 1 N–H and O–H groups in total. The number of thiophene rings is 2. The zero-order valence-electron chi connectivity index (χ0n) is 10.2. The zero-order valence-corrected chi connectivity index (χ0v) is 12.7. The maximum atomic E-state index is 12.0. The molecule has 0 saturated heterocycles. The van der Waals surface area contributed by atoms with E-state index < -0.39 is 10.0 Å². The van der Waals surface area contributed by atoms with Crippen molar-refractivity contribution in [1.29, 1.82) is 0 Å². The van der Waals surface area contributed by atoms with Crippen molar-refractivity contribution in [3.05, 3.63) is 39.9 Å². The standard InChI is InChI=1S/C12H15NO2S3/c1-12(2,10-5-7-16-8-10)9-13-18(14,15)11-4-3-6-17-11/h3-8,13H,9H2,1-2H3. The molecule has 2 rings (SSSR count). The lowest BCUT2D eigenvalue weighted by molar-refractivity contribution is 0.503. The predicted octanol–water partition coefficient (Wildman–Crippen LogP) is 3.07. The highest BCUT2D eigenvalue weighted by Gasteiger charge is 2.24. The van der Waals surface area contributed by atoms with Crippen LogP contribution in [0.4, 0.5) is 0 Å². The van der Waals surface area contributed by atoms with Crippen molar-refractivity contribution in [1.82, 2.24) is 4.72 Å². The van der Waals surface area contributed by atoms with Gasteiger partial charge in [-0.15, -0.1) is 11.3 Å². The summed E-state index contributed by atoms with van der Waals surface area (Å²) in [5.41, 5.74) is 0.950. The van der Waals surface area contributed by atoms with Crippen LogP contribution in [0, 0.1) is 0 Å². The molecule has 0 spiro atoms. The second-order valence-corrected chi connectivity index (χ2v) is 8.37. The van der Waals surface area contributed by atoms with Crippen LogP contribution in [0.3, 0.4) is 0 Å². The number of nitrogens with one attached hydrogen (secondary N) is 1. The summed E-state index contributed by atoms with van der Waals surface area (Å²) in [7, 11) is -3.37. The van der Waals surface area contributed by atoms with Crippen LogP contribution in [-0.4, -0.2) is 15.0 Å². The Morgan fingerprint density at radius 1 is 1.28 bits per heavy atom.